The lowest BCUT2D eigenvalue weighted by Gasteiger charge is -2.12. The smallest absolute Gasteiger partial charge is 0.355 e. The molecule has 0 aliphatic carbocycles. The van der Waals surface area contributed by atoms with Gasteiger partial charge in [-0.2, -0.15) is 0 Å². The Labute approximate surface area is 99.0 Å². The number of hydrogen-bond donors (Lipinski definition) is 2. The van der Waals surface area contributed by atoms with Crippen molar-refractivity contribution < 1.29 is 19.4 Å². The van der Waals surface area contributed by atoms with Crippen molar-refractivity contribution in [3.63, 3.8) is 0 Å². The molecule has 0 saturated heterocycles. The molecule has 17 heavy (non-hydrogen) atoms. The number of aromatic nitrogens is 1. The third kappa shape index (κ3) is 2.99. The number of anilines is 1. The maximum atomic E-state index is 11.7. The van der Waals surface area contributed by atoms with Crippen molar-refractivity contribution in [2.45, 2.75) is 32.9 Å². The van der Waals surface area contributed by atoms with Crippen LogP contribution < -0.4 is 5.73 Å². The first-order valence-electron chi connectivity index (χ1n) is 5.39. The second kappa shape index (κ2) is 5.38. The van der Waals surface area contributed by atoms with Gasteiger partial charge < -0.3 is 20.1 Å². The van der Waals surface area contributed by atoms with Crippen molar-refractivity contribution in [2.24, 2.45) is 0 Å². The van der Waals surface area contributed by atoms with Gasteiger partial charge in [-0.1, -0.05) is 6.92 Å². The molecule has 0 spiro atoms. The van der Waals surface area contributed by atoms with Gasteiger partial charge in [0, 0.05) is 12.7 Å². The lowest BCUT2D eigenvalue weighted by atomic mass is 10.3. The Morgan fingerprint density at radius 3 is 2.65 bits per heavy atom. The molecule has 1 unspecified atom stereocenters. The summed E-state index contributed by atoms with van der Waals surface area (Å²) < 4.78 is 6.51. The number of esters is 1. The van der Waals surface area contributed by atoms with Crippen LogP contribution in [0.1, 0.15) is 30.8 Å². The van der Waals surface area contributed by atoms with E-state index in [1.54, 1.807) is 17.7 Å². The van der Waals surface area contributed by atoms with E-state index in [1.165, 1.54) is 6.07 Å². The van der Waals surface area contributed by atoms with E-state index in [4.69, 9.17) is 15.6 Å². The highest BCUT2D eigenvalue weighted by atomic mass is 16.6. The van der Waals surface area contributed by atoms with E-state index in [0.29, 0.717) is 12.2 Å². The summed E-state index contributed by atoms with van der Waals surface area (Å²) in [6, 6.07) is 1.47. The number of nitrogen functional groups attached to an aromatic ring is 1. The number of carbonyl (C=O) groups is 2. The Bertz CT molecular complexity index is 425. The molecule has 0 aliphatic rings. The first-order chi connectivity index (χ1) is 7.99. The molecule has 0 saturated carbocycles. The van der Waals surface area contributed by atoms with E-state index in [9.17, 15) is 9.59 Å². The first kappa shape index (κ1) is 13.1. The fourth-order valence-electron chi connectivity index (χ4n) is 1.46. The molecule has 0 fully saturated rings. The van der Waals surface area contributed by atoms with E-state index >= 15 is 0 Å². The van der Waals surface area contributed by atoms with Crippen molar-refractivity contribution in [3.05, 3.63) is 18.0 Å². The Hall–Kier alpha value is -1.98. The molecule has 1 atom stereocenters. The number of carboxylic acids is 1. The third-order valence-corrected chi connectivity index (χ3v) is 2.36. The van der Waals surface area contributed by atoms with Crippen molar-refractivity contribution >= 4 is 17.6 Å². The van der Waals surface area contributed by atoms with Crippen molar-refractivity contribution in [1.29, 1.82) is 0 Å². The van der Waals surface area contributed by atoms with E-state index < -0.39 is 18.0 Å². The summed E-state index contributed by atoms with van der Waals surface area (Å²) in [5, 5.41) is 8.79. The maximum absolute atomic E-state index is 11.7. The highest BCUT2D eigenvalue weighted by Gasteiger charge is 2.22. The van der Waals surface area contributed by atoms with Crippen molar-refractivity contribution in [2.75, 3.05) is 5.73 Å². The Kier molecular flexibility index (Phi) is 4.14. The van der Waals surface area contributed by atoms with Gasteiger partial charge in [0.2, 0.25) is 0 Å². The summed E-state index contributed by atoms with van der Waals surface area (Å²) in [7, 11) is 0. The molecule has 0 aromatic carbocycles. The first-order valence-corrected chi connectivity index (χ1v) is 5.39. The Morgan fingerprint density at radius 1 is 1.53 bits per heavy atom. The van der Waals surface area contributed by atoms with Gasteiger partial charge in [-0.15, -0.1) is 0 Å². The fraction of sp³-hybridized carbons (Fsp3) is 0.455. The number of carboxylic acid groups (broad SMARTS) is 1. The predicted octanol–water partition coefficient (Wildman–Crippen LogP) is 1.11. The molecule has 6 heteroatoms. The monoisotopic (exact) mass is 240 g/mol. The number of aryl methyl sites for hydroxylation is 1. The molecule has 3 N–H and O–H groups in total. The van der Waals surface area contributed by atoms with Crippen LogP contribution in [0.25, 0.3) is 0 Å². The molecule has 0 amide bonds. The largest absolute Gasteiger partial charge is 0.479 e. The van der Waals surface area contributed by atoms with Crippen LogP contribution in [0, 0.1) is 0 Å². The number of nitrogens with zero attached hydrogens (tertiary/aromatic N) is 1. The van der Waals surface area contributed by atoms with Crippen LogP contribution in [-0.2, 0) is 16.1 Å². The topological polar surface area (TPSA) is 94.5 Å². The minimum Gasteiger partial charge on any atom is -0.479 e. The zero-order chi connectivity index (χ0) is 13.0. The van der Waals surface area contributed by atoms with Crippen LogP contribution in [0.2, 0.25) is 0 Å². The summed E-state index contributed by atoms with van der Waals surface area (Å²) in [6.45, 7) is 4.05. The average Bonchev–Trinajstić information content (AvgIpc) is 2.66. The highest BCUT2D eigenvalue weighted by Crippen LogP contribution is 2.13. The zero-order valence-corrected chi connectivity index (χ0v) is 9.84. The fourth-order valence-corrected chi connectivity index (χ4v) is 1.46. The van der Waals surface area contributed by atoms with Gasteiger partial charge in [0.15, 0.2) is 6.10 Å². The van der Waals surface area contributed by atoms with Gasteiger partial charge in [0.1, 0.15) is 5.69 Å². The second-order valence-corrected chi connectivity index (χ2v) is 3.59. The molecule has 6 nitrogen and oxygen atoms in total. The van der Waals surface area contributed by atoms with E-state index in [2.05, 4.69) is 0 Å². The average molecular weight is 240 g/mol. The number of ether oxygens (including phenoxy) is 1. The number of hydrogen-bond acceptors (Lipinski definition) is 4. The summed E-state index contributed by atoms with van der Waals surface area (Å²) >= 11 is 0. The van der Waals surface area contributed by atoms with E-state index in [0.717, 1.165) is 0 Å². The third-order valence-electron chi connectivity index (χ3n) is 2.36. The summed E-state index contributed by atoms with van der Waals surface area (Å²) in [5.41, 5.74) is 6.29. The summed E-state index contributed by atoms with van der Waals surface area (Å²) in [6.07, 6.45) is 0.714. The maximum Gasteiger partial charge on any atom is 0.355 e. The molecule has 1 heterocycles. The number of aliphatic carboxylic acids is 1. The molecule has 1 rings (SSSR count). The predicted molar refractivity (Wildman–Crippen MR) is 61.6 cm³/mol. The summed E-state index contributed by atoms with van der Waals surface area (Å²) in [4.78, 5) is 22.5. The van der Waals surface area contributed by atoms with E-state index in [1.807, 2.05) is 6.92 Å². The van der Waals surface area contributed by atoms with Crippen LogP contribution >= 0.6 is 0 Å². The van der Waals surface area contributed by atoms with Gasteiger partial charge in [-0.25, -0.2) is 9.59 Å². The minimum atomic E-state index is -1.15. The van der Waals surface area contributed by atoms with Gasteiger partial charge in [-0.3, -0.25) is 0 Å². The highest BCUT2D eigenvalue weighted by molar-refractivity contribution is 5.90. The van der Waals surface area contributed by atoms with Gasteiger partial charge in [-0.05, 0) is 19.4 Å². The molecular formula is C11H16N2O4. The van der Waals surface area contributed by atoms with Crippen LogP contribution in [0.15, 0.2) is 12.3 Å². The van der Waals surface area contributed by atoms with Gasteiger partial charge in [0.25, 0.3) is 0 Å². The SMILES string of the molecule is CCC(OC(=O)c1cc(N)cn1CC)C(=O)O. The second-order valence-electron chi connectivity index (χ2n) is 3.59. The number of nitrogens with two attached hydrogens (primary N) is 1. The molecular weight excluding hydrogens is 224 g/mol. The zero-order valence-electron chi connectivity index (χ0n) is 9.84. The molecule has 94 valence electrons. The molecule has 0 aliphatic heterocycles. The minimum absolute atomic E-state index is 0.226. The van der Waals surface area contributed by atoms with Crippen LogP contribution in [0.4, 0.5) is 5.69 Å². The normalized spacial score (nSPS) is 12.1. The van der Waals surface area contributed by atoms with Gasteiger partial charge >= 0.3 is 11.9 Å². The van der Waals surface area contributed by atoms with Crippen molar-refractivity contribution in [3.8, 4) is 0 Å². The lowest BCUT2D eigenvalue weighted by molar-refractivity contribution is -0.147. The standard InChI is InChI=1S/C11H16N2O4/c1-3-9(10(14)15)17-11(16)8-5-7(12)6-13(8)4-2/h5-6,9H,3-4,12H2,1-2H3,(H,14,15). The number of carbonyl (C=O) groups excluding carboxylic acids is 1. The molecule has 0 bridgehead atoms. The van der Waals surface area contributed by atoms with Crippen LogP contribution in [0.5, 0.6) is 0 Å². The van der Waals surface area contributed by atoms with E-state index in [-0.39, 0.29) is 12.1 Å². The Morgan fingerprint density at radius 2 is 2.18 bits per heavy atom. The van der Waals surface area contributed by atoms with Crippen LogP contribution in [-0.4, -0.2) is 27.7 Å². The summed E-state index contributed by atoms with van der Waals surface area (Å²) in [5.74, 6) is -1.82. The lowest BCUT2D eigenvalue weighted by Crippen LogP contribution is -2.27. The van der Waals surface area contributed by atoms with Crippen LogP contribution in [0.3, 0.4) is 0 Å². The van der Waals surface area contributed by atoms with Crippen molar-refractivity contribution in [1.82, 2.24) is 4.57 Å². The number of rotatable bonds is 5. The quantitative estimate of drug-likeness (QED) is 0.752. The molecule has 1 aromatic heterocycles. The van der Waals surface area contributed by atoms with Gasteiger partial charge in [0.05, 0.1) is 5.69 Å². The molecule has 0 radical (unpaired) electrons. The molecule has 1 aromatic rings. The Balaban J connectivity index is 2.85.